The van der Waals surface area contributed by atoms with Crippen molar-refractivity contribution in [3.8, 4) is 16.2 Å². The summed E-state index contributed by atoms with van der Waals surface area (Å²) in [7, 11) is 1.68. The smallest absolute Gasteiger partial charge is 0.243 e. The second-order valence-electron chi connectivity index (χ2n) is 2.56. The van der Waals surface area contributed by atoms with Crippen molar-refractivity contribution in [3.63, 3.8) is 0 Å². The second-order valence-corrected chi connectivity index (χ2v) is 4.51. The van der Waals surface area contributed by atoms with Gasteiger partial charge >= 0.3 is 0 Å². The standard InChI is InChI=1S/C10H9OS2/c1-11-9-4-2-8(3-5-9)10-6-12-7-13-10/h2-7H,1H3/q+1. The Morgan fingerprint density at radius 3 is 2.54 bits per heavy atom. The van der Waals surface area contributed by atoms with Gasteiger partial charge in [0.25, 0.3) is 0 Å². The Morgan fingerprint density at radius 1 is 1.23 bits per heavy atom. The Kier molecular flexibility index (Phi) is 2.57. The molecule has 0 atom stereocenters. The van der Waals surface area contributed by atoms with Crippen LogP contribution in [0.2, 0.25) is 0 Å². The van der Waals surface area contributed by atoms with E-state index >= 15 is 0 Å². The molecule has 0 aliphatic carbocycles. The van der Waals surface area contributed by atoms with Crippen LogP contribution in [0.25, 0.3) is 10.4 Å². The van der Waals surface area contributed by atoms with Crippen LogP contribution < -0.4 is 4.74 Å². The van der Waals surface area contributed by atoms with Gasteiger partial charge in [-0.1, -0.05) is 0 Å². The molecule has 1 heterocycles. The summed E-state index contributed by atoms with van der Waals surface area (Å²) in [6, 6.07) is 8.13. The summed E-state index contributed by atoms with van der Waals surface area (Å²) < 4.78 is 7.22. The monoisotopic (exact) mass is 209 g/mol. The molecule has 0 amide bonds. The van der Waals surface area contributed by atoms with Gasteiger partial charge in [0, 0.05) is 5.56 Å². The summed E-state index contributed by atoms with van der Waals surface area (Å²) in [5.41, 5.74) is 1.26. The van der Waals surface area contributed by atoms with Crippen LogP contribution in [0.4, 0.5) is 0 Å². The topological polar surface area (TPSA) is 9.23 Å². The summed E-state index contributed by atoms with van der Waals surface area (Å²) in [6.45, 7) is 0. The molecule has 0 saturated carbocycles. The lowest BCUT2D eigenvalue weighted by atomic mass is 10.2. The molecule has 2 aromatic rings. The fraction of sp³-hybridized carbons (Fsp3) is 0.100. The SMILES string of the molecule is COc1ccc(-c2c[s+]cs2)cc1. The van der Waals surface area contributed by atoms with E-state index in [4.69, 9.17) is 4.74 Å². The van der Waals surface area contributed by atoms with Gasteiger partial charge in [0.2, 0.25) is 4.69 Å². The van der Waals surface area contributed by atoms with Crippen LogP contribution in [0.1, 0.15) is 0 Å². The maximum absolute atomic E-state index is 5.09. The molecular formula is C10H9OS2+. The van der Waals surface area contributed by atoms with Gasteiger partial charge in [-0.15, -0.1) is 0 Å². The van der Waals surface area contributed by atoms with Crippen LogP contribution in [0, 0.1) is 0 Å². The molecule has 0 unspecified atom stereocenters. The van der Waals surface area contributed by atoms with Crippen molar-refractivity contribution in [3.05, 3.63) is 34.3 Å². The zero-order valence-electron chi connectivity index (χ0n) is 7.19. The third-order valence-electron chi connectivity index (χ3n) is 1.78. The van der Waals surface area contributed by atoms with E-state index < -0.39 is 0 Å². The third-order valence-corrected chi connectivity index (χ3v) is 3.74. The molecule has 0 N–H and O–H groups in total. The van der Waals surface area contributed by atoms with Crippen LogP contribution >= 0.6 is 22.7 Å². The van der Waals surface area contributed by atoms with E-state index in [-0.39, 0.29) is 0 Å². The van der Waals surface area contributed by atoms with Crippen molar-refractivity contribution in [1.82, 2.24) is 0 Å². The van der Waals surface area contributed by atoms with E-state index in [0.29, 0.717) is 0 Å². The fourth-order valence-electron chi connectivity index (χ4n) is 1.09. The average molecular weight is 209 g/mol. The van der Waals surface area contributed by atoms with Crippen LogP contribution in [0.3, 0.4) is 0 Å². The Morgan fingerprint density at radius 2 is 2.00 bits per heavy atom. The maximum atomic E-state index is 5.09. The molecule has 0 spiro atoms. The van der Waals surface area contributed by atoms with Crippen LogP contribution in [-0.2, 0) is 0 Å². The number of rotatable bonds is 2. The van der Waals surface area contributed by atoms with Crippen LogP contribution in [-0.4, -0.2) is 7.11 Å². The maximum Gasteiger partial charge on any atom is 0.243 e. The summed E-state index contributed by atoms with van der Waals surface area (Å²) in [6.07, 6.45) is 0. The molecule has 0 fully saturated rings. The van der Waals surface area contributed by atoms with Gasteiger partial charge in [-0.25, -0.2) is 0 Å². The van der Waals surface area contributed by atoms with Crippen molar-refractivity contribution in [1.29, 1.82) is 0 Å². The van der Waals surface area contributed by atoms with E-state index in [1.807, 2.05) is 12.1 Å². The average Bonchev–Trinajstić information content (AvgIpc) is 2.71. The van der Waals surface area contributed by atoms with E-state index in [1.165, 1.54) is 10.4 Å². The summed E-state index contributed by atoms with van der Waals surface area (Å²) in [5.74, 6) is 0.906. The van der Waals surface area contributed by atoms with Gasteiger partial charge in [-0.2, -0.15) is 0 Å². The first kappa shape index (κ1) is 8.66. The molecule has 0 radical (unpaired) electrons. The highest BCUT2D eigenvalue weighted by Gasteiger charge is 2.06. The molecule has 1 aromatic heterocycles. The van der Waals surface area contributed by atoms with Crippen molar-refractivity contribution in [2.75, 3.05) is 7.11 Å². The molecule has 0 aliphatic rings. The molecule has 1 aromatic carbocycles. The number of benzene rings is 1. The Bertz CT molecular complexity index is 364. The molecular weight excluding hydrogens is 200 g/mol. The quantitative estimate of drug-likeness (QED) is 0.684. The second kappa shape index (κ2) is 3.85. The molecule has 0 aliphatic heterocycles. The van der Waals surface area contributed by atoms with Crippen molar-refractivity contribution in [2.24, 2.45) is 0 Å². The predicted octanol–water partition coefficient (Wildman–Crippen LogP) is 3.77. The lowest BCUT2D eigenvalue weighted by molar-refractivity contribution is 0.415. The first-order valence-corrected chi connectivity index (χ1v) is 5.71. The van der Waals surface area contributed by atoms with Crippen LogP contribution in [0.15, 0.2) is 34.3 Å². The zero-order valence-corrected chi connectivity index (χ0v) is 8.82. The molecule has 3 heteroatoms. The molecule has 0 bridgehead atoms. The zero-order chi connectivity index (χ0) is 9.10. The summed E-state index contributed by atoms with van der Waals surface area (Å²) in [4.78, 5) is 1.31. The molecule has 1 nitrogen and oxygen atoms in total. The minimum atomic E-state index is 0.906. The Hall–Kier alpha value is -0.930. The van der Waals surface area contributed by atoms with Gasteiger partial charge in [-0.3, -0.25) is 0 Å². The Balaban J connectivity index is 2.33. The molecule has 66 valence electrons. The number of hydrogen-bond acceptors (Lipinski definition) is 2. The predicted molar refractivity (Wildman–Crippen MR) is 58.6 cm³/mol. The third kappa shape index (κ3) is 1.87. The van der Waals surface area contributed by atoms with E-state index in [9.17, 15) is 0 Å². The van der Waals surface area contributed by atoms with Crippen molar-refractivity contribution in [2.45, 2.75) is 0 Å². The largest absolute Gasteiger partial charge is 0.497 e. The van der Waals surface area contributed by atoms with Crippen LogP contribution in [0.5, 0.6) is 5.75 Å². The number of methoxy groups -OCH3 is 1. The highest BCUT2D eigenvalue weighted by atomic mass is 32.2. The summed E-state index contributed by atoms with van der Waals surface area (Å²) >= 11 is 3.50. The number of ether oxygens (including phenoxy) is 1. The van der Waals surface area contributed by atoms with Gasteiger partial charge < -0.3 is 4.74 Å². The molecule has 0 saturated heterocycles. The Labute approximate surface area is 85.3 Å². The minimum Gasteiger partial charge on any atom is -0.497 e. The lowest BCUT2D eigenvalue weighted by Gasteiger charge is -1.98. The normalized spacial score (nSPS) is 9.92. The van der Waals surface area contributed by atoms with Gasteiger partial charge in [0.15, 0.2) is 4.88 Å². The van der Waals surface area contributed by atoms with Gasteiger partial charge in [0.05, 0.1) is 29.8 Å². The lowest BCUT2D eigenvalue weighted by Crippen LogP contribution is -1.80. The summed E-state index contributed by atoms with van der Waals surface area (Å²) in [5, 5.41) is 2.16. The van der Waals surface area contributed by atoms with Crippen molar-refractivity contribution >= 4 is 22.7 Å². The fourth-order valence-corrected chi connectivity index (χ4v) is 2.87. The van der Waals surface area contributed by atoms with Crippen molar-refractivity contribution < 1.29 is 4.74 Å². The molecule has 2 rings (SSSR count). The molecule has 13 heavy (non-hydrogen) atoms. The van der Waals surface area contributed by atoms with Gasteiger partial charge in [0.1, 0.15) is 11.1 Å². The highest BCUT2D eigenvalue weighted by Crippen LogP contribution is 2.28. The minimum absolute atomic E-state index is 0.906. The van der Waals surface area contributed by atoms with E-state index in [0.717, 1.165) is 5.75 Å². The van der Waals surface area contributed by atoms with Gasteiger partial charge in [-0.05, 0) is 24.3 Å². The first-order valence-electron chi connectivity index (χ1n) is 3.88. The first-order chi connectivity index (χ1) is 6.40. The van der Waals surface area contributed by atoms with E-state index in [1.54, 1.807) is 29.8 Å². The number of hydrogen-bond donors (Lipinski definition) is 0. The highest BCUT2D eigenvalue weighted by molar-refractivity contribution is 7.29. The van der Waals surface area contributed by atoms with E-state index in [2.05, 4.69) is 22.2 Å².